The Balaban J connectivity index is 2.55. The Labute approximate surface area is 142 Å². The SMILES string of the molecule is CC(C)n1c(CO)c(-c2nc(Cl)ncc2F)c(=O)c2ccccc21. The molecule has 0 saturated carbocycles. The lowest BCUT2D eigenvalue weighted by Gasteiger charge is -2.22. The van der Waals surface area contributed by atoms with Crippen LogP contribution in [0.5, 0.6) is 0 Å². The predicted octanol–water partition coefficient (Wildman–Crippen LogP) is 3.32. The van der Waals surface area contributed by atoms with Crippen LogP contribution in [0.4, 0.5) is 4.39 Å². The molecule has 7 heteroatoms. The number of hydrogen-bond acceptors (Lipinski definition) is 4. The Morgan fingerprint density at radius 1 is 1.33 bits per heavy atom. The first-order chi connectivity index (χ1) is 11.5. The fourth-order valence-corrected chi connectivity index (χ4v) is 3.05. The summed E-state index contributed by atoms with van der Waals surface area (Å²) in [4.78, 5) is 20.4. The molecule has 0 aliphatic heterocycles. The summed E-state index contributed by atoms with van der Waals surface area (Å²) in [5.41, 5.74) is 0.365. The molecule has 1 N–H and O–H groups in total. The van der Waals surface area contributed by atoms with E-state index >= 15 is 0 Å². The molecule has 0 atom stereocenters. The molecular weight excluding hydrogens is 333 g/mol. The maximum Gasteiger partial charge on any atom is 0.223 e. The van der Waals surface area contributed by atoms with Gasteiger partial charge in [0.2, 0.25) is 5.28 Å². The van der Waals surface area contributed by atoms with Crippen LogP contribution < -0.4 is 5.43 Å². The van der Waals surface area contributed by atoms with E-state index in [9.17, 15) is 14.3 Å². The van der Waals surface area contributed by atoms with Gasteiger partial charge in [-0.1, -0.05) is 12.1 Å². The summed E-state index contributed by atoms with van der Waals surface area (Å²) >= 11 is 5.77. The third kappa shape index (κ3) is 2.57. The van der Waals surface area contributed by atoms with Crippen LogP contribution in [0.25, 0.3) is 22.2 Å². The van der Waals surface area contributed by atoms with Crippen molar-refractivity contribution >= 4 is 22.5 Å². The van der Waals surface area contributed by atoms with Crippen LogP contribution in [0.15, 0.2) is 35.3 Å². The average Bonchev–Trinajstić information content (AvgIpc) is 2.56. The second kappa shape index (κ2) is 6.30. The maximum atomic E-state index is 14.3. The van der Waals surface area contributed by atoms with E-state index in [4.69, 9.17) is 11.6 Å². The molecule has 5 nitrogen and oxygen atoms in total. The Morgan fingerprint density at radius 2 is 2.04 bits per heavy atom. The number of aromatic nitrogens is 3. The molecule has 3 rings (SSSR count). The third-order valence-electron chi connectivity index (χ3n) is 3.83. The van der Waals surface area contributed by atoms with Gasteiger partial charge < -0.3 is 9.67 Å². The van der Waals surface area contributed by atoms with E-state index in [2.05, 4.69) is 9.97 Å². The van der Waals surface area contributed by atoms with Crippen molar-refractivity contribution in [2.45, 2.75) is 26.5 Å². The standard InChI is InChI=1S/C17H15ClFN3O2/c1-9(2)22-12-6-4-3-5-10(12)16(24)14(13(22)8-23)15-11(19)7-20-17(18)21-15/h3-7,9,23H,8H2,1-2H3. The summed E-state index contributed by atoms with van der Waals surface area (Å²) in [6, 6.07) is 6.95. The summed E-state index contributed by atoms with van der Waals surface area (Å²) in [7, 11) is 0. The van der Waals surface area contributed by atoms with Gasteiger partial charge in [0, 0.05) is 11.4 Å². The molecule has 2 aromatic heterocycles. The highest BCUT2D eigenvalue weighted by Gasteiger charge is 2.22. The fraction of sp³-hybridized carbons (Fsp3) is 0.235. The number of fused-ring (bicyclic) bond motifs is 1. The number of para-hydroxylation sites is 1. The first kappa shape index (κ1) is 16.5. The third-order valence-corrected chi connectivity index (χ3v) is 4.01. The molecule has 0 amide bonds. The maximum absolute atomic E-state index is 14.3. The van der Waals surface area contributed by atoms with E-state index in [0.29, 0.717) is 16.6 Å². The minimum atomic E-state index is -0.767. The average molecular weight is 348 g/mol. The lowest BCUT2D eigenvalue weighted by atomic mass is 10.0. The molecule has 0 unspecified atom stereocenters. The van der Waals surface area contributed by atoms with Crippen LogP contribution in [-0.4, -0.2) is 19.6 Å². The van der Waals surface area contributed by atoms with Gasteiger partial charge in [0.15, 0.2) is 11.2 Å². The second-order valence-corrected chi connectivity index (χ2v) is 5.96. The zero-order valence-corrected chi connectivity index (χ0v) is 13.9. The molecule has 0 bridgehead atoms. The van der Waals surface area contributed by atoms with Crippen molar-refractivity contribution in [3.05, 3.63) is 57.5 Å². The van der Waals surface area contributed by atoms with E-state index in [0.717, 1.165) is 6.20 Å². The number of aliphatic hydroxyl groups is 1. The molecular formula is C17H15ClFN3O2. The van der Waals surface area contributed by atoms with Gasteiger partial charge in [-0.05, 0) is 37.6 Å². The summed E-state index contributed by atoms with van der Waals surface area (Å²) in [5, 5.41) is 10.2. The van der Waals surface area contributed by atoms with Gasteiger partial charge in [-0.15, -0.1) is 0 Å². The van der Waals surface area contributed by atoms with Gasteiger partial charge in [0.05, 0.1) is 29.6 Å². The second-order valence-electron chi connectivity index (χ2n) is 5.63. The monoisotopic (exact) mass is 347 g/mol. The number of benzene rings is 1. The molecule has 0 spiro atoms. The van der Waals surface area contributed by atoms with Crippen molar-refractivity contribution in [3.63, 3.8) is 0 Å². The van der Waals surface area contributed by atoms with Crippen LogP contribution in [-0.2, 0) is 6.61 Å². The summed E-state index contributed by atoms with van der Waals surface area (Å²) in [5.74, 6) is -0.767. The smallest absolute Gasteiger partial charge is 0.223 e. The minimum Gasteiger partial charge on any atom is -0.390 e. The molecule has 124 valence electrons. The molecule has 2 heterocycles. The van der Waals surface area contributed by atoms with Crippen LogP contribution in [0.1, 0.15) is 25.6 Å². The minimum absolute atomic E-state index is 0.00620. The Hall–Kier alpha value is -2.31. The van der Waals surface area contributed by atoms with Crippen molar-refractivity contribution in [2.75, 3.05) is 0 Å². The van der Waals surface area contributed by atoms with Gasteiger partial charge in [0.25, 0.3) is 0 Å². The molecule has 0 fully saturated rings. The molecule has 0 radical (unpaired) electrons. The molecule has 3 aromatic rings. The molecule has 1 aromatic carbocycles. The first-order valence-electron chi connectivity index (χ1n) is 7.41. The highest BCUT2D eigenvalue weighted by atomic mass is 35.5. The number of halogens is 2. The fourth-order valence-electron chi connectivity index (χ4n) is 2.92. The van der Waals surface area contributed by atoms with Crippen molar-refractivity contribution in [1.82, 2.24) is 14.5 Å². The van der Waals surface area contributed by atoms with E-state index in [1.54, 1.807) is 18.2 Å². The zero-order chi connectivity index (χ0) is 17.4. The Kier molecular flexibility index (Phi) is 4.34. The predicted molar refractivity (Wildman–Crippen MR) is 90.5 cm³/mol. The molecule has 0 aliphatic carbocycles. The van der Waals surface area contributed by atoms with Gasteiger partial charge >= 0.3 is 0 Å². The van der Waals surface area contributed by atoms with Crippen LogP contribution in [0, 0.1) is 5.82 Å². The number of hydrogen-bond donors (Lipinski definition) is 1. The van der Waals surface area contributed by atoms with E-state index in [-0.39, 0.29) is 22.6 Å². The van der Waals surface area contributed by atoms with Crippen LogP contribution >= 0.6 is 11.6 Å². The van der Waals surface area contributed by atoms with Crippen molar-refractivity contribution < 1.29 is 9.50 Å². The largest absolute Gasteiger partial charge is 0.390 e. The topological polar surface area (TPSA) is 68.0 Å². The van der Waals surface area contributed by atoms with E-state index in [1.807, 2.05) is 24.5 Å². The number of rotatable bonds is 3. The van der Waals surface area contributed by atoms with Crippen LogP contribution in [0.3, 0.4) is 0 Å². The van der Waals surface area contributed by atoms with E-state index < -0.39 is 17.9 Å². The molecule has 0 aliphatic rings. The normalized spacial score (nSPS) is 11.4. The van der Waals surface area contributed by atoms with Crippen LogP contribution in [0.2, 0.25) is 5.28 Å². The number of nitrogens with zero attached hydrogens (tertiary/aromatic N) is 3. The van der Waals surface area contributed by atoms with Gasteiger partial charge in [-0.2, -0.15) is 0 Å². The Bertz CT molecular complexity index is 985. The summed E-state index contributed by atoms with van der Waals surface area (Å²) in [6.45, 7) is 3.40. The number of pyridine rings is 1. The van der Waals surface area contributed by atoms with E-state index in [1.165, 1.54) is 0 Å². The van der Waals surface area contributed by atoms with Crippen molar-refractivity contribution in [1.29, 1.82) is 0 Å². The van der Waals surface area contributed by atoms with Gasteiger partial charge in [-0.25, -0.2) is 14.4 Å². The lowest BCUT2D eigenvalue weighted by molar-refractivity contribution is 0.268. The van der Waals surface area contributed by atoms with Gasteiger partial charge in [0.1, 0.15) is 5.69 Å². The van der Waals surface area contributed by atoms with Crippen molar-refractivity contribution in [2.24, 2.45) is 0 Å². The van der Waals surface area contributed by atoms with Crippen molar-refractivity contribution in [3.8, 4) is 11.3 Å². The Morgan fingerprint density at radius 3 is 2.71 bits per heavy atom. The number of aliphatic hydroxyl groups excluding tert-OH is 1. The molecule has 0 saturated heterocycles. The zero-order valence-electron chi connectivity index (χ0n) is 13.1. The first-order valence-corrected chi connectivity index (χ1v) is 7.78. The van der Waals surface area contributed by atoms with Gasteiger partial charge in [-0.3, -0.25) is 4.79 Å². The summed E-state index contributed by atoms with van der Waals surface area (Å²) in [6.07, 6.45) is 0.917. The highest BCUT2D eigenvalue weighted by molar-refractivity contribution is 6.28. The lowest BCUT2D eigenvalue weighted by Crippen LogP contribution is -2.20. The quantitative estimate of drug-likeness (QED) is 0.738. The highest BCUT2D eigenvalue weighted by Crippen LogP contribution is 2.28. The molecule has 24 heavy (non-hydrogen) atoms. The summed E-state index contributed by atoms with van der Waals surface area (Å²) < 4.78 is 16.1.